The van der Waals surface area contributed by atoms with Crippen molar-refractivity contribution in [3.63, 3.8) is 0 Å². The molecule has 3 aromatic carbocycles. The Balaban J connectivity index is 1.95. The van der Waals surface area contributed by atoms with Crippen molar-refractivity contribution in [2.45, 2.75) is 39.5 Å². The molecular weight excluding hydrogens is 300 g/mol. The topological polar surface area (TPSA) is 0 Å². The zero-order valence-corrected chi connectivity index (χ0v) is 15.2. The Morgan fingerprint density at radius 2 is 1.40 bits per heavy atom. The van der Waals surface area contributed by atoms with Gasteiger partial charge in [-0.25, -0.2) is 0 Å². The van der Waals surface area contributed by atoms with Crippen molar-refractivity contribution in [2.75, 3.05) is 0 Å². The third kappa shape index (κ3) is 2.80. The summed E-state index contributed by atoms with van der Waals surface area (Å²) in [5, 5.41) is 2.66. The number of benzene rings is 3. The van der Waals surface area contributed by atoms with Crippen LogP contribution in [0.5, 0.6) is 0 Å². The summed E-state index contributed by atoms with van der Waals surface area (Å²) in [6, 6.07) is 22.2. The summed E-state index contributed by atoms with van der Waals surface area (Å²) in [6.45, 7) is 4.56. The summed E-state index contributed by atoms with van der Waals surface area (Å²) in [7, 11) is 0. The average molecular weight is 325 g/mol. The van der Waals surface area contributed by atoms with E-state index in [0.29, 0.717) is 0 Å². The molecule has 0 aliphatic heterocycles. The molecule has 0 N–H and O–H groups in total. The van der Waals surface area contributed by atoms with Gasteiger partial charge in [-0.3, -0.25) is 0 Å². The minimum absolute atomic E-state index is 1.17. The molecule has 0 unspecified atom stereocenters. The summed E-state index contributed by atoms with van der Waals surface area (Å²) >= 11 is 0. The Morgan fingerprint density at radius 3 is 2.24 bits per heavy atom. The van der Waals surface area contributed by atoms with E-state index in [1.807, 2.05) is 0 Å². The summed E-state index contributed by atoms with van der Waals surface area (Å²) in [5.41, 5.74) is 8.74. The SMILES string of the molecule is CCCC1=C(CCC)c2c(cccc2-c2cccc3ccccc23)[CH]1. The van der Waals surface area contributed by atoms with Crippen LogP contribution in [-0.4, -0.2) is 0 Å². The fraction of sp³-hybridized carbons (Fsp3) is 0.240. The summed E-state index contributed by atoms with van der Waals surface area (Å²) in [4.78, 5) is 0. The lowest BCUT2D eigenvalue weighted by atomic mass is 9.89. The molecule has 1 aliphatic rings. The van der Waals surface area contributed by atoms with Crippen LogP contribution in [0.15, 0.2) is 66.2 Å². The van der Waals surface area contributed by atoms with Gasteiger partial charge in [0.2, 0.25) is 0 Å². The quantitative estimate of drug-likeness (QED) is 0.457. The van der Waals surface area contributed by atoms with E-state index in [1.54, 1.807) is 11.1 Å². The average Bonchev–Trinajstić information content (AvgIpc) is 2.99. The first-order valence-corrected chi connectivity index (χ1v) is 9.51. The molecule has 0 spiro atoms. The standard InChI is InChI=1S/C25H25/c1-3-9-19-17-20-13-8-16-24(25(20)22(19)10-4-2)23-15-7-12-18-11-5-6-14-21(18)23/h5-8,11-17H,3-4,9-10H2,1-2H3. The lowest BCUT2D eigenvalue weighted by molar-refractivity contribution is 0.904. The first-order valence-electron chi connectivity index (χ1n) is 9.51. The van der Waals surface area contributed by atoms with Gasteiger partial charge in [-0.2, -0.15) is 0 Å². The van der Waals surface area contributed by atoms with Crippen LogP contribution in [0.25, 0.3) is 27.5 Å². The highest BCUT2D eigenvalue weighted by Crippen LogP contribution is 2.45. The summed E-state index contributed by atoms with van der Waals surface area (Å²) in [6.07, 6.45) is 7.17. The van der Waals surface area contributed by atoms with Crippen LogP contribution in [0.4, 0.5) is 0 Å². The van der Waals surface area contributed by atoms with Crippen LogP contribution in [0.1, 0.15) is 50.7 Å². The van der Waals surface area contributed by atoms with Gasteiger partial charge >= 0.3 is 0 Å². The van der Waals surface area contributed by atoms with Crippen molar-refractivity contribution < 1.29 is 0 Å². The third-order valence-electron chi connectivity index (χ3n) is 5.21. The van der Waals surface area contributed by atoms with Gasteiger partial charge in [-0.15, -0.1) is 0 Å². The summed E-state index contributed by atoms with van der Waals surface area (Å²) in [5.74, 6) is 0. The Bertz CT molecular complexity index is 938. The second-order valence-corrected chi connectivity index (χ2v) is 6.94. The van der Waals surface area contributed by atoms with Gasteiger partial charge in [0.05, 0.1) is 0 Å². The maximum atomic E-state index is 2.43. The lowest BCUT2D eigenvalue weighted by Crippen LogP contribution is -1.92. The van der Waals surface area contributed by atoms with Crippen LogP contribution >= 0.6 is 0 Å². The van der Waals surface area contributed by atoms with Gasteiger partial charge in [0, 0.05) is 6.42 Å². The number of hydrogen-bond donors (Lipinski definition) is 0. The molecule has 1 aliphatic carbocycles. The van der Waals surface area contributed by atoms with E-state index < -0.39 is 0 Å². The second-order valence-electron chi connectivity index (χ2n) is 6.94. The van der Waals surface area contributed by atoms with Gasteiger partial charge < -0.3 is 0 Å². The largest absolute Gasteiger partial charge is 0.0651 e. The molecule has 0 saturated heterocycles. The van der Waals surface area contributed by atoms with E-state index >= 15 is 0 Å². The molecule has 0 bridgehead atoms. The third-order valence-corrected chi connectivity index (χ3v) is 5.21. The summed E-state index contributed by atoms with van der Waals surface area (Å²) < 4.78 is 0. The Kier molecular flexibility index (Phi) is 4.44. The van der Waals surface area contributed by atoms with Gasteiger partial charge in [0.15, 0.2) is 0 Å². The van der Waals surface area contributed by atoms with Crippen molar-refractivity contribution in [2.24, 2.45) is 0 Å². The van der Waals surface area contributed by atoms with Crippen LogP contribution in [0, 0.1) is 6.42 Å². The van der Waals surface area contributed by atoms with E-state index in [2.05, 4.69) is 80.9 Å². The first-order chi connectivity index (χ1) is 12.3. The van der Waals surface area contributed by atoms with E-state index in [4.69, 9.17) is 0 Å². The zero-order chi connectivity index (χ0) is 17.2. The minimum atomic E-state index is 1.17. The van der Waals surface area contributed by atoms with E-state index in [9.17, 15) is 0 Å². The molecule has 0 saturated carbocycles. The fourth-order valence-electron chi connectivity index (χ4n) is 4.18. The monoisotopic (exact) mass is 325 g/mol. The van der Waals surface area contributed by atoms with Crippen molar-refractivity contribution in [3.05, 3.63) is 83.8 Å². The molecule has 0 nitrogen and oxygen atoms in total. The van der Waals surface area contributed by atoms with Crippen molar-refractivity contribution in [3.8, 4) is 11.1 Å². The van der Waals surface area contributed by atoms with E-state index in [-0.39, 0.29) is 0 Å². The maximum absolute atomic E-state index is 2.43. The van der Waals surface area contributed by atoms with Crippen LogP contribution in [0.2, 0.25) is 0 Å². The number of allylic oxidation sites excluding steroid dienone is 2. The molecule has 0 aromatic heterocycles. The molecule has 0 amide bonds. The van der Waals surface area contributed by atoms with Gasteiger partial charge in [0.1, 0.15) is 0 Å². The fourth-order valence-corrected chi connectivity index (χ4v) is 4.18. The molecule has 0 fully saturated rings. The van der Waals surface area contributed by atoms with Crippen LogP contribution in [0.3, 0.4) is 0 Å². The Hall–Kier alpha value is -2.34. The predicted molar refractivity (Wildman–Crippen MR) is 110 cm³/mol. The van der Waals surface area contributed by atoms with Gasteiger partial charge in [-0.05, 0) is 51.4 Å². The molecule has 0 heterocycles. The highest BCUT2D eigenvalue weighted by Gasteiger charge is 2.24. The van der Waals surface area contributed by atoms with Crippen LogP contribution in [-0.2, 0) is 0 Å². The Morgan fingerprint density at radius 1 is 0.680 bits per heavy atom. The van der Waals surface area contributed by atoms with E-state index in [0.717, 1.165) is 0 Å². The zero-order valence-electron chi connectivity index (χ0n) is 15.2. The molecule has 4 rings (SSSR count). The highest BCUT2D eigenvalue weighted by atomic mass is 14.3. The van der Waals surface area contributed by atoms with Crippen molar-refractivity contribution >= 4 is 16.3 Å². The van der Waals surface area contributed by atoms with E-state index in [1.165, 1.54) is 58.7 Å². The van der Waals surface area contributed by atoms with Crippen LogP contribution < -0.4 is 0 Å². The van der Waals surface area contributed by atoms with Crippen molar-refractivity contribution in [1.82, 2.24) is 0 Å². The highest BCUT2D eigenvalue weighted by molar-refractivity contribution is 6.01. The minimum Gasteiger partial charge on any atom is -0.0651 e. The predicted octanol–water partition coefficient (Wildman–Crippen LogP) is 7.43. The van der Waals surface area contributed by atoms with Gasteiger partial charge in [-0.1, -0.05) is 92.9 Å². The first kappa shape index (κ1) is 16.1. The smallest absolute Gasteiger partial charge is 0.0167 e. The molecular formula is C25H25. The number of hydrogen-bond acceptors (Lipinski definition) is 0. The molecule has 125 valence electrons. The molecule has 0 heteroatoms. The molecule has 0 atom stereocenters. The maximum Gasteiger partial charge on any atom is 0.0167 e. The molecule has 25 heavy (non-hydrogen) atoms. The Labute approximate surface area is 151 Å². The number of fused-ring (bicyclic) bond motifs is 2. The second kappa shape index (κ2) is 6.88. The molecule has 1 radical (unpaired) electrons. The van der Waals surface area contributed by atoms with Gasteiger partial charge in [0.25, 0.3) is 0 Å². The van der Waals surface area contributed by atoms with Crippen molar-refractivity contribution in [1.29, 1.82) is 0 Å². The lowest BCUT2D eigenvalue weighted by Gasteiger charge is -2.15. The molecule has 3 aromatic rings. The normalized spacial score (nSPS) is 13.5. The number of rotatable bonds is 5.